The fourth-order valence-electron chi connectivity index (χ4n) is 0.778. The molecule has 10 heavy (non-hydrogen) atoms. The van der Waals surface area contributed by atoms with Crippen molar-refractivity contribution in [1.82, 2.24) is 5.32 Å². The van der Waals surface area contributed by atoms with Crippen LogP contribution in [0.2, 0.25) is 0 Å². The Bertz CT molecular complexity index is 182. The number of thioether (sulfide) groups is 1. The van der Waals surface area contributed by atoms with Gasteiger partial charge in [-0.15, -0.1) is 0 Å². The quantitative estimate of drug-likeness (QED) is 0.580. The maximum Gasteiger partial charge on any atom is 0.327 e. The molecule has 1 amide bonds. The molecule has 2 atom stereocenters. The first-order valence-electron chi connectivity index (χ1n) is 2.81. The minimum absolute atomic E-state index is 0.162. The summed E-state index contributed by atoms with van der Waals surface area (Å²) in [7, 11) is 0. The number of hydrogen-bond acceptors (Lipinski definition) is 3. The van der Waals surface area contributed by atoms with E-state index in [4.69, 9.17) is 5.11 Å². The Morgan fingerprint density at radius 1 is 1.80 bits per heavy atom. The van der Waals surface area contributed by atoms with Gasteiger partial charge >= 0.3 is 5.97 Å². The number of nitrogens with one attached hydrogen (secondary N) is 1. The van der Waals surface area contributed by atoms with E-state index in [0.29, 0.717) is 0 Å². The molecule has 0 saturated carbocycles. The molecule has 0 radical (unpaired) electrons. The van der Waals surface area contributed by atoms with Crippen LogP contribution in [0.3, 0.4) is 0 Å². The molecule has 56 valence electrons. The Labute approximate surface area is 62.0 Å². The van der Waals surface area contributed by atoms with Crippen LogP contribution >= 0.6 is 11.8 Å². The van der Waals surface area contributed by atoms with Crippen LogP contribution in [0.25, 0.3) is 0 Å². The molecule has 1 rings (SSSR count). The molecule has 4 nitrogen and oxygen atoms in total. The van der Waals surface area contributed by atoms with Crippen molar-refractivity contribution in [2.24, 2.45) is 0 Å². The highest BCUT2D eigenvalue weighted by atomic mass is 32.2. The molecule has 0 aliphatic carbocycles. The number of hydrogen-bond donors (Lipinski definition) is 2. The Morgan fingerprint density at radius 3 is 2.60 bits per heavy atom. The number of aliphatic carboxylic acids is 1. The second kappa shape index (κ2) is 2.49. The zero-order valence-corrected chi connectivity index (χ0v) is 6.14. The Morgan fingerprint density at radius 2 is 2.40 bits per heavy atom. The molecule has 2 N–H and O–H groups in total. The van der Waals surface area contributed by atoms with Crippen molar-refractivity contribution in [3.05, 3.63) is 0 Å². The maximum absolute atomic E-state index is 10.6. The van der Waals surface area contributed by atoms with E-state index in [1.165, 1.54) is 0 Å². The zero-order chi connectivity index (χ0) is 7.72. The third-order valence-electron chi connectivity index (χ3n) is 1.30. The van der Waals surface area contributed by atoms with E-state index >= 15 is 0 Å². The Hall–Kier alpha value is -0.710. The molecule has 0 spiro atoms. The second-order valence-electron chi connectivity index (χ2n) is 2.07. The average Bonchev–Trinajstić information content (AvgIpc) is 2.10. The van der Waals surface area contributed by atoms with Gasteiger partial charge in [-0.2, -0.15) is 0 Å². The fraction of sp³-hybridized carbons (Fsp3) is 0.600. The van der Waals surface area contributed by atoms with Crippen LogP contribution in [0.5, 0.6) is 0 Å². The molecule has 1 fully saturated rings. The van der Waals surface area contributed by atoms with Crippen molar-refractivity contribution >= 4 is 23.0 Å². The standard InChI is InChI=1S/C5H7NO3S/c1-2-3(4(7)8)6-5(9)10-2/h2-3H,1H3,(H,6,9)(H,7,8)/t2-,3+/m1/s1. The van der Waals surface area contributed by atoms with E-state index in [1.54, 1.807) is 6.92 Å². The molecule has 0 aromatic carbocycles. The van der Waals surface area contributed by atoms with Crippen LogP contribution in [-0.4, -0.2) is 27.6 Å². The topological polar surface area (TPSA) is 66.4 Å². The molecule has 5 heteroatoms. The van der Waals surface area contributed by atoms with Crippen molar-refractivity contribution in [2.45, 2.75) is 18.2 Å². The van der Waals surface area contributed by atoms with Gasteiger partial charge in [0.25, 0.3) is 5.24 Å². The van der Waals surface area contributed by atoms with Crippen molar-refractivity contribution < 1.29 is 14.7 Å². The van der Waals surface area contributed by atoms with Gasteiger partial charge in [-0.05, 0) is 0 Å². The predicted octanol–water partition coefficient (Wildman–Crippen LogP) is 0.284. The Kier molecular flexibility index (Phi) is 1.85. The van der Waals surface area contributed by atoms with Gasteiger partial charge in [0.05, 0.1) is 0 Å². The lowest BCUT2D eigenvalue weighted by atomic mass is 10.2. The number of carbonyl (C=O) groups is 2. The smallest absolute Gasteiger partial charge is 0.327 e. The van der Waals surface area contributed by atoms with Gasteiger partial charge in [0.15, 0.2) is 0 Å². The largest absolute Gasteiger partial charge is 0.480 e. The Balaban J connectivity index is 2.63. The molecular formula is C5H7NO3S. The number of rotatable bonds is 1. The summed E-state index contributed by atoms with van der Waals surface area (Å²) < 4.78 is 0. The summed E-state index contributed by atoms with van der Waals surface area (Å²) in [6.07, 6.45) is 0. The summed E-state index contributed by atoms with van der Waals surface area (Å²) in [4.78, 5) is 20.9. The average molecular weight is 161 g/mol. The van der Waals surface area contributed by atoms with Gasteiger partial charge in [0, 0.05) is 5.25 Å². The van der Waals surface area contributed by atoms with Crippen molar-refractivity contribution in [3.63, 3.8) is 0 Å². The molecule has 0 aromatic heterocycles. The zero-order valence-electron chi connectivity index (χ0n) is 5.33. The number of amides is 1. The highest BCUT2D eigenvalue weighted by Gasteiger charge is 2.34. The van der Waals surface area contributed by atoms with Gasteiger partial charge in [0.2, 0.25) is 0 Å². The van der Waals surface area contributed by atoms with Crippen molar-refractivity contribution in [3.8, 4) is 0 Å². The summed E-state index contributed by atoms with van der Waals surface area (Å²) in [6, 6.07) is -0.711. The highest BCUT2D eigenvalue weighted by molar-refractivity contribution is 8.14. The van der Waals surface area contributed by atoms with E-state index in [-0.39, 0.29) is 10.5 Å². The number of carboxylic acids is 1. The van der Waals surface area contributed by atoms with Crippen LogP contribution in [0.1, 0.15) is 6.92 Å². The first-order valence-corrected chi connectivity index (χ1v) is 3.69. The molecular weight excluding hydrogens is 154 g/mol. The minimum Gasteiger partial charge on any atom is -0.480 e. The number of carbonyl (C=O) groups excluding carboxylic acids is 1. The number of carboxylic acid groups (broad SMARTS) is 1. The van der Waals surface area contributed by atoms with Crippen molar-refractivity contribution in [1.29, 1.82) is 0 Å². The van der Waals surface area contributed by atoms with Crippen LogP contribution in [0.4, 0.5) is 4.79 Å². The molecule has 0 aromatic rings. The van der Waals surface area contributed by atoms with Crippen LogP contribution in [-0.2, 0) is 4.79 Å². The minimum atomic E-state index is -0.967. The summed E-state index contributed by atoms with van der Waals surface area (Å²) >= 11 is 1.03. The highest BCUT2D eigenvalue weighted by Crippen LogP contribution is 2.22. The lowest BCUT2D eigenvalue weighted by Crippen LogP contribution is -2.37. The third-order valence-corrected chi connectivity index (χ3v) is 2.28. The second-order valence-corrected chi connectivity index (χ2v) is 3.42. The van der Waals surface area contributed by atoms with E-state index in [1.807, 2.05) is 0 Å². The van der Waals surface area contributed by atoms with Crippen LogP contribution in [0, 0.1) is 0 Å². The lowest BCUT2D eigenvalue weighted by molar-refractivity contribution is -0.138. The normalized spacial score (nSPS) is 31.9. The first-order chi connectivity index (χ1) is 4.61. The monoisotopic (exact) mass is 161 g/mol. The predicted molar refractivity (Wildman–Crippen MR) is 37.0 cm³/mol. The molecule has 1 aliphatic rings. The van der Waals surface area contributed by atoms with Crippen LogP contribution < -0.4 is 5.32 Å². The van der Waals surface area contributed by atoms with E-state index < -0.39 is 12.0 Å². The molecule has 0 unspecified atom stereocenters. The van der Waals surface area contributed by atoms with Gasteiger partial charge in [-0.25, -0.2) is 4.79 Å². The lowest BCUT2D eigenvalue weighted by Gasteiger charge is -2.05. The van der Waals surface area contributed by atoms with Gasteiger partial charge in [-0.3, -0.25) is 4.79 Å². The molecule has 0 bridgehead atoms. The van der Waals surface area contributed by atoms with E-state index in [9.17, 15) is 9.59 Å². The summed E-state index contributed by atoms with van der Waals surface area (Å²) in [5.74, 6) is -0.967. The van der Waals surface area contributed by atoms with E-state index in [0.717, 1.165) is 11.8 Å². The summed E-state index contributed by atoms with van der Waals surface area (Å²) in [5, 5.41) is 10.4. The maximum atomic E-state index is 10.6. The first kappa shape index (κ1) is 7.40. The fourth-order valence-corrected chi connectivity index (χ4v) is 1.63. The van der Waals surface area contributed by atoms with Gasteiger partial charge in [-0.1, -0.05) is 18.7 Å². The summed E-state index contributed by atoms with van der Waals surface area (Å²) in [5.41, 5.74) is 0. The molecule has 1 heterocycles. The summed E-state index contributed by atoms with van der Waals surface area (Å²) in [6.45, 7) is 1.71. The van der Waals surface area contributed by atoms with E-state index in [2.05, 4.69) is 5.32 Å². The van der Waals surface area contributed by atoms with Gasteiger partial charge < -0.3 is 10.4 Å². The van der Waals surface area contributed by atoms with Crippen molar-refractivity contribution in [2.75, 3.05) is 0 Å². The SMILES string of the molecule is C[C@H]1SC(=O)N[C@@H]1C(=O)O. The van der Waals surface area contributed by atoms with Crippen LogP contribution in [0.15, 0.2) is 0 Å². The van der Waals surface area contributed by atoms with Gasteiger partial charge in [0.1, 0.15) is 6.04 Å². The molecule has 1 saturated heterocycles. The third kappa shape index (κ3) is 1.23. The molecule has 1 aliphatic heterocycles.